The van der Waals surface area contributed by atoms with Crippen LogP contribution in [-0.4, -0.2) is 36.0 Å². The van der Waals surface area contributed by atoms with E-state index in [4.69, 9.17) is 0 Å². The fourth-order valence-corrected chi connectivity index (χ4v) is 2.74. The normalized spacial score (nSPS) is 11.5. The van der Waals surface area contributed by atoms with E-state index in [-0.39, 0.29) is 19.5 Å². The molecule has 2 aromatic rings. The molecule has 0 spiro atoms. The fourth-order valence-electron chi connectivity index (χ4n) is 2.74. The highest BCUT2D eigenvalue weighted by Gasteiger charge is 2.19. The molecule has 6 nitrogen and oxygen atoms in total. The summed E-state index contributed by atoms with van der Waals surface area (Å²) in [5.41, 5.74) is 2.42. The highest BCUT2D eigenvalue weighted by Crippen LogP contribution is 2.11. The molecule has 2 amide bonds. The minimum Gasteiger partial charge on any atom is -0.481 e. The lowest BCUT2D eigenvalue weighted by Crippen LogP contribution is -2.41. The first-order valence-corrected chi connectivity index (χ1v) is 8.89. The molecule has 0 aliphatic heterocycles. The van der Waals surface area contributed by atoms with Gasteiger partial charge in [0.15, 0.2) is 0 Å². The van der Waals surface area contributed by atoms with Crippen molar-refractivity contribution in [3.8, 4) is 0 Å². The van der Waals surface area contributed by atoms with Crippen LogP contribution in [0.3, 0.4) is 0 Å². The first-order valence-electron chi connectivity index (χ1n) is 8.89. The molecule has 0 bridgehead atoms. The number of hydrogen-bond acceptors (Lipinski definition) is 3. The van der Waals surface area contributed by atoms with Gasteiger partial charge in [-0.15, -0.1) is 0 Å². The zero-order valence-corrected chi connectivity index (χ0v) is 15.6. The Kier molecular flexibility index (Phi) is 7.68. The highest BCUT2D eigenvalue weighted by molar-refractivity contribution is 5.86. The molecular formula is C21H23FN2O4. The number of carboxylic acid groups (broad SMARTS) is 1. The van der Waals surface area contributed by atoms with E-state index < -0.39 is 29.5 Å². The zero-order chi connectivity index (χ0) is 20.5. The van der Waals surface area contributed by atoms with Gasteiger partial charge in [-0.25, -0.2) is 4.39 Å². The van der Waals surface area contributed by atoms with Gasteiger partial charge in [0.1, 0.15) is 5.82 Å². The Hall–Kier alpha value is -3.22. The number of carbonyl (C=O) groups excluding carboxylic acids is 2. The summed E-state index contributed by atoms with van der Waals surface area (Å²) >= 11 is 0. The number of hydrogen-bond donors (Lipinski definition) is 3. The van der Waals surface area contributed by atoms with Gasteiger partial charge in [0.2, 0.25) is 11.8 Å². The maximum absolute atomic E-state index is 13.1. The smallest absolute Gasteiger partial charge is 0.308 e. The molecule has 0 aromatic heterocycles. The van der Waals surface area contributed by atoms with Crippen molar-refractivity contribution >= 4 is 17.8 Å². The van der Waals surface area contributed by atoms with Crippen LogP contribution in [-0.2, 0) is 27.2 Å². The number of benzene rings is 2. The molecular weight excluding hydrogens is 363 g/mol. The summed E-state index contributed by atoms with van der Waals surface area (Å²) in [7, 11) is 0. The van der Waals surface area contributed by atoms with Crippen molar-refractivity contribution in [3.05, 3.63) is 71.0 Å². The number of aryl methyl sites for hydroxylation is 1. The first kappa shape index (κ1) is 21.1. The SMILES string of the molecule is Cc1cccc(CC(CNC(=O)CNC(=O)Cc2cccc(F)c2)C(=O)O)c1. The van der Waals surface area contributed by atoms with Crippen molar-refractivity contribution in [2.45, 2.75) is 19.8 Å². The van der Waals surface area contributed by atoms with Crippen LogP contribution >= 0.6 is 0 Å². The summed E-state index contributed by atoms with van der Waals surface area (Å²) in [6, 6.07) is 13.2. The van der Waals surface area contributed by atoms with Gasteiger partial charge in [-0.2, -0.15) is 0 Å². The molecule has 148 valence electrons. The molecule has 1 unspecified atom stereocenters. The monoisotopic (exact) mass is 386 g/mol. The van der Waals surface area contributed by atoms with Gasteiger partial charge in [-0.1, -0.05) is 42.0 Å². The van der Waals surface area contributed by atoms with E-state index in [1.165, 1.54) is 18.2 Å². The lowest BCUT2D eigenvalue weighted by Gasteiger charge is -2.14. The maximum atomic E-state index is 13.1. The van der Waals surface area contributed by atoms with Crippen molar-refractivity contribution in [1.82, 2.24) is 10.6 Å². The summed E-state index contributed by atoms with van der Waals surface area (Å²) < 4.78 is 13.1. The van der Waals surface area contributed by atoms with Crippen LogP contribution in [0.2, 0.25) is 0 Å². The molecule has 0 radical (unpaired) electrons. The Morgan fingerprint density at radius 2 is 1.71 bits per heavy atom. The van der Waals surface area contributed by atoms with Crippen LogP contribution in [0, 0.1) is 18.7 Å². The van der Waals surface area contributed by atoms with Gasteiger partial charge in [0.25, 0.3) is 0 Å². The highest BCUT2D eigenvalue weighted by atomic mass is 19.1. The fraction of sp³-hybridized carbons (Fsp3) is 0.286. The van der Waals surface area contributed by atoms with Crippen LogP contribution in [0.15, 0.2) is 48.5 Å². The van der Waals surface area contributed by atoms with Crippen molar-refractivity contribution in [1.29, 1.82) is 0 Å². The standard InChI is InChI=1S/C21H23FN2O4/c1-14-4-2-5-15(8-14)9-17(21(27)28)12-23-20(26)13-24-19(25)11-16-6-3-7-18(22)10-16/h2-8,10,17H,9,11-13H2,1H3,(H,23,26)(H,24,25)(H,27,28). The van der Waals surface area contributed by atoms with E-state index in [9.17, 15) is 23.9 Å². The van der Waals surface area contributed by atoms with Gasteiger partial charge in [0, 0.05) is 6.54 Å². The first-order chi connectivity index (χ1) is 13.3. The number of aliphatic carboxylic acids is 1. The Morgan fingerprint density at radius 3 is 2.39 bits per heavy atom. The summed E-state index contributed by atoms with van der Waals surface area (Å²) in [5, 5.41) is 14.3. The van der Waals surface area contributed by atoms with Gasteiger partial charge < -0.3 is 15.7 Å². The van der Waals surface area contributed by atoms with E-state index in [2.05, 4.69) is 10.6 Å². The van der Waals surface area contributed by atoms with Crippen LogP contribution in [0.5, 0.6) is 0 Å². The number of amides is 2. The molecule has 0 saturated heterocycles. The van der Waals surface area contributed by atoms with Gasteiger partial charge >= 0.3 is 5.97 Å². The van der Waals surface area contributed by atoms with E-state index in [1.54, 1.807) is 6.07 Å². The molecule has 2 rings (SSSR count). The Labute approximate surface area is 162 Å². The number of nitrogens with one attached hydrogen (secondary N) is 2. The molecule has 0 aliphatic rings. The minimum absolute atomic E-state index is 0.0398. The number of halogens is 1. The largest absolute Gasteiger partial charge is 0.481 e. The second-order valence-corrected chi connectivity index (χ2v) is 6.62. The summed E-state index contributed by atoms with van der Waals surface area (Å²) in [6.07, 6.45) is 0.249. The van der Waals surface area contributed by atoms with Crippen molar-refractivity contribution < 1.29 is 23.9 Å². The predicted octanol–water partition coefficient (Wildman–Crippen LogP) is 1.85. The van der Waals surface area contributed by atoms with Gasteiger partial charge in [-0.05, 0) is 36.6 Å². The lowest BCUT2D eigenvalue weighted by molar-refractivity contribution is -0.141. The number of carboxylic acids is 1. The summed E-state index contributed by atoms with van der Waals surface area (Å²) in [4.78, 5) is 35.2. The molecule has 3 N–H and O–H groups in total. The maximum Gasteiger partial charge on any atom is 0.308 e. The van der Waals surface area contributed by atoms with Crippen molar-refractivity contribution in [2.75, 3.05) is 13.1 Å². The topological polar surface area (TPSA) is 95.5 Å². The third-order valence-electron chi connectivity index (χ3n) is 4.16. The third kappa shape index (κ3) is 7.19. The molecule has 2 aromatic carbocycles. The quantitative estimate of drug-likeness (QED) is 0.613. The second kappa shape index (κ2) is 10.2. The number of carbonyl (C=O) groups is 3. The minimum atomic E-state index is -1.00. The third-order valence-corrected chi connectivity index (χ3v) is 4.16. The summed E-state index contributed by atoms with van der Waals surface area (Å²) in [6.45, 7) is 1.61. The van der Waals surface area contributed by atoms with Crippen LogP contribution in [0.4, 0.5) is 4.39 Å². The van der Waals surface area contributed by atoms with Gasteiger partial charge in [-0.3, -0.25) is 14.4 Å². The molecule has 0 heterocycles. The van der Waals surface area contributed by atoms with Crippen molar-refractivity contribution in [3.63, 3.8) is 0 Å². The average Bonchev–Trinajstić information content (AvgIpc) is 2.63. The van der Waals surface area contributed by atoms with Crippen molar-refractivity contribution in [2.24, 2.45) is 5.92 Å². The van der Waals surface area contributed by atoms with Gasteiger partial charge in [0.05, 0.1) is 18.9 Å². The van der Waals surface area contributed by atoms with Crippen LogP contribution in [0.1, 0.15) is 16.7 Å². The predicted molar refractivity (Wildman–Crippen MR) is 102 cm³/mol. The Bertz CT molecular complexity index is 854. The molecule has 7 heteroatoms. The average molecular weight is 386 g/mol. The van der Waals surface area contributed by atoms with E-state index in [0.717, 1.165) is 11.1 Å². The molecule has 1 atom stereocenters. The summed E-state index contributed by atoms with van der Waals surface area (Å²) in [5.74, 6) is -3.11. The molecule has 28 heavy (non-hydrogen) atoms. The molecule has 0 fully saturated rings. The van der Waals surface area contributed by atoms with E-state index in [1.807, 2.05) is 31.2 Å². The van der Waals surface area contributed by atoms with Crippen LogP contribution in [0.25, 0.3) is 0 Å². The Balaban J connectivity index is 1.77. The molecule has 0 saturated carbocycles. The molecule has 0 aliphatic carbocycles. The Morgan fingerprint density at radius 1 is 1.00 bits per heavy atom. The number of rotatable bonds is 9. The van der Waals surface area contributed by atoms with Crippen LogP contribution < -0.4 is 10.6 Å². The van der Waals surface area contributed by atoms with E-state index >= 15 is 0 Å². The second-order valence-electron chi connectivity index (χ2n) is 6.62. The zero-order valence-electron chi connectivity index (χ0n) is 15.6. The van der Waals surface area contributed by atoms with E-state index in [0.29, 0.717) is 12.0 Å². The lowest BCUT2D eigenvalue weighted by atomic mass is 9.98.